The largest absolute Gasteiger partial charge is 0.481 e. The first-order valence-corrected chi connectivity index (χ1v) is 10.9. The van der Waals surface area contributed by atoms with E-state index in [-0.39, 0.29) is 31.4 Å². The summed E-state index contributed by atoms with van der Waals surface area (Å²) in [5.74, 6) is -1.38. The Morgan fingerprint density at radius 2 is 1.64 bits per heavy atom. The molecule has 33 heavy (non-hydrogen) atoms. The Morgan fingerprint density at radius 1 is 1.06 bits per heavy atom. The number of hydrogen-bond donors (Lipinski definition) is 2. The van der Waals surface area contributed by atoms with Gasteiger partial charge < -0.3 is 24.8 Å². The van der Waals surface area contributed by atoms with Crippen LogP contribution in [0.2, 0.25) is 0 Å². The number of rotatable bonds is 10. The highest BCUT2D eigenvalue weighted by molar-refractivity contribution is 5.86. The summed E-state index contributed by atoms with van der Waals surface area (Å²) in [4.78, 5) is 37.6. The number of nitrogens with one attached hydrogen (secondary N) is 1. The molecule has 2 atom stereocenters. The first-order valence-electron chi connectivity index (χ1n) is 10.9. The van der Waals surface area contributed by atoms with E-state index < -0.39 is 24.2 Å². The van der Waals surface area contributed by atoms with Gasteiger partial charge in [0, 0.05) is 33.0 Å². The van der Waals surface area contributed by atoms with E-state index in [9.17, 15) is 14.4 Å². The third kappa shape index (κ3) is 5.70. The minimum atomic E-state index is -0.958. The Kier molecular flexibility index (Phi) is 8.06. The van der Waals surface area contributed by atoms with Crippen LogP contribution < -0.4 is 5.32 Å². The van der Waals surface area contributed by atoms with Gasteiger partial charge in [-0.1, -0.05) is 48.5 Å². The second kappa shape index (κ2) is 11.0. The Bertz CT molecular complexity index is 962. The smallest absolute Gasteiger partial charge is 0.407 e. The van der Waals surface area contributed by atoms with Crippen LogP contribution in [0.4, 0.5) is 4.79 Å². The van der Waals surface area contributed by atoms with Crippen molar-refractivity contribution in [3.63, 3.8) is 0 Å². The van der Waals surface area contributed by atoms with E-state index in [1.54, 1.807) is 14.0 Å². The van der Waals surface area contributed by atoms with Crippen molar-refractivity contribution in [1.29, 1.82) is 0 Å². The maximum Gasteiger partial charge on any atom is 0.407 e. The SMILES string of the molecule is COC(C)C(NC(=O)OCC1c2ccccc2-c2ccccc21)C(=O)N(C)CCCC(=O)O. The van der Waals surface area contributed by atoms with Crippen molar-refractivity contribution >= 4 is 18.0 Å². The average molecular weight is 455 g/mol. The lowest BCUT2D eigenvalue weighted by Crippen LogP contribution is -2.53. The minimum Gasteiger partial charge on any atom is -0.481 e. The predicted octanol–water partition coefficient (Wildman–Crippen LogP) is 3.25. The molecule has 1 aliphatic rings. The molecule has 2 N–H and O–H groups in total. The lowest BCUT2D eigenvalue weighted by molar-refractivity contribution is -0.139. The van der Waals surface area contributed by atoms with Crippen LogP contribution in [-0.4, -0.2) is 67.4 Å². The molecule has 0 aromatic heterocycles. The first-order chi connectivity index (χ1) is 15.8. The molecule has 0 spiro atoms. The fraction of sp³-hybridized carbons (Fsp3) is 0.400. The second-order valence-electron chi connectivity index (χ2n) is 8.15. The van der Waals surface area contributed by atoms with Crippen LogP contribution in [0.15, 0.2) is 48.5 Å². The van der Waals surface area contributed by atoms with E-state index >= 15 is 0 Å². The highest BCUT2D eigenvalue weighted by atomic mass is 16.5. The highest BCUT2D eigenvalue weighted by Crippen LogP contribution is 2.44. The average Bonchev–Trinajstić information content (AvgIpc) is 3.13. The Labute approximate surface area is 193 Å². The molecule has 2 aromatic carbocycles. The van der Waals surface area contributed by atoms with Crippen LogP contribution in [0.5, 0.6) is 0 Å². The molecule has 3 rings (SSSR count). The van der Waals surface area contributed by atoms with E-state index in [1.165, 1.54) is 12.0 Å². The number of methoxy groups -OCH3 is 1. The summed E-state index contributed by atoms with van der Waals surface area (Å²) >= 11 is 0. The van der Waals surface area contributed by atoms with Crippen molar-refractivity contribution in [2.75, 3.05) is 27.3 Å². The van der Waals surface area contributed by atoms with Gasteiger partial charge in [0.1, 0.15) is 12.6 Å². The number of nitrogens with zero attached hydrogens (tertiary/aromatic N) is 1. The molecule has 8 nitrogen and oxygen atoms in total. The van der Waals surface area contributed by atoms with Crippen LogP contribution >= 0.6 is 0 Å². The molecule has 0 heterocycles. The molecule has 1 aliphatic carbocycles. The van der Waals surface area contributed by atoms with Crippen LogP contribution in [0.3, 0.4) is 0 Å². The maximum atomic E-state index is 12.9. The third-order valence-electron chi connectivity index (χ3n) is 5.98. The lowest BCUT2D eigenvalue weighted by atomic mass is 9.98. The van der Waals surface area contributed by atoms with E-state index in [1.807, 2.05) is 36.4 Å². The van der Waals surface area contributed by atoms with Crippen molar-refractivity contribution in [3.05, 3.63) is 59.7 Å². The van der Waals surface area contributed by atoms with Gasteiger partial charge in [0.2, 0.25) is 5.91 Å². The van der Waals surface area contributed by atoms with Gasteiger partial charge in [-0.15, -0.1) is 0 Å². The summed E-state index contributed by atoms with van der Waals surface area (Å²) in [6, 6.07) is 15.1. The van der Waals surface area contributed by atoms with Crippen LogP contribution in [-0.2, 0) is 19.1 Å². The summed E-state index contributed by atoms with van der Waals surface area (Å²) in [5.41, 5.74) is 4.46. The van der Waals surface area contributed by atoms with Gasteiger partial charge in [0.25, 0.3) is 0 Å². The van der Waals surface area contributed by atoms with E-state index in [0.717, 1.165) is 22.3 Å². The molecule has 0 radical (unpaired) electrons. The van der Waals surface area contributed by atoms with Gasteiger partial charge in [0.05, 0.1) is 6.10 Å². The third-order valence-corrected chi connectivity index (χ3v) is 5.98. The number of likely N-dealkylation sites (N-methyl/N-ethyl adjacent to an activating group) is 1. The molecule has 0 saturated heterocycles. The normalized spacial score (nSPS) is 14.0. The molecule has 0 aliphatic heterocycles. The van der Waals surface area contributed by atoms with Gasteiger partial charge in [-0.3, -0.25) is 9.59 Å². The van der Waals surface area contributed by atoms with Crippen molar-refractivity contribution < 1.29 is 29.0 Å². The number of aliphatic carboxylic acids is 1. The fourth-order valence-electron chi connectivity index (χ4n) is 4.10. The maximum absolute atomic E-state index is 12.9. The van der Waals surface area contributed by atoms with Crippen molar-refractivity contribution in [1.82, 2.24) is 10.2 Å². The molecular weight excluding hydrogens is 424 g/mol. The zero-order valence-corrected chi connectivity index (χ0v) is 19.1. The summed E-state index contributed by atoms with van der Waals surface area (Å²) in [6.45, 7) is 2.07. The van der Waals surface area contributed by atoms with Gasteiger partial charge in [-0.25, -0.2) is 4.79 Å². The van der Waals surface area contributed by atoms with Gasteiger partial charge in [0.15, 0.2) is 0 Å². The fourth-order valence-corrected chi connectivity index (χ4v) is 4.10. The summed E-state index contributed by atoms with van der Waals surface area (Å²) in [5, 5.41) is 11.4. The number of carboxylic acids is 1. The quantitative estimate of drug-likeness (QED) is 0.571. The van der Waals surface area contributed by atoms with E-state index in [0.29, 0.717) is 6.42 Å². The number of ether oxygens (including phenoxy) is 2. The van der Waals surface area contributed by atoms with Crippen LogP contribution in [0.25, 0.3) is 11.1 Å². The number of alkyl carbamates (subject to hydrolysis) is 1. The Balaban J connectivity index is 1.64. The molecule has 0 fully saturated rings. The Hall–Kier alpha value is -3.39. The van der Waals surface area contributed by atoms with Crippen molar-refractivity contribution in [2.45, 2.75) is 37.8 Å². The zero-order valence-electron chi connectivity index (χ0n) is 19.1. The monoisotopic (exact) mass is 454 g/mol. The number of amides is 2. The predicted molar refractivity (Wildman–Crippen MR) is 123 cm³/mol. The summed E-state index contributed by atoms with van der Waals surface area (Å²) in [6.07, 6.45) is -1.03. The Morgan fingerprint density at radius 3 is 2.18 bits per heavy atom. The van der Waals surface area contributed by atoms with Crippen molar-refractivity contribution in [2.24, 2.45) is 0 Å². The summed E-state index contributed by atoms with van der Waals surface area (Å²) < 4.78 is 10.8. The molecular formula is C25H30N2O6. The van der Waals surface area contributed by atoms with E-state index in [2.05, 4.69) is 17.4 Å². The van der Waals surface area contributed by atoms with E-state index in [4.69, 9.17) is 14.6 Å². The molecule has 2 aromatic rings. The highest BCUT2D eigenvalue weighted by Gasteiger charge is 2.32. The van der Waals surface area contributed by atoms with Gasteiger partial charge in [-0.05, 0) is 35.6 Å². The van der Waals surface area contributed by atoms with Crippen LogP contribution in [0, 0.1) is 0 Å². The molecule has 0 saturated carbocycles. The standard InChI is InChI=1S/C25H30N2O6/c1-16(32-3)23(24(30)27(2)14-8-13-22(28)29)26-25(31)33-15-21-19-11-6-4-9-17(19)18-10-5-7-12-20(18)21/h4-7,9-12,16,21,23H,8,13-15H2,1-3H3,(H,26,31)(H,28,29). The number of carbonyl (C=O) groups excluding carboxylic acids is 2. The lowest BCUT2D eigenvalue weighted by Gasteiger charge is -2.28. The van der Waals surface area contributed by atoms with Gasteiger partial charge >= 0.3 is 12.1 Å². The van der Waals surface area contributed by atoms with Crippen molar-refractivity contribution in [3.8, 4) is 11.1 Å². The zero-order chi connectivity index (χ0) is 24.0. The molecule has 2 unspecified atom stereocenters. The second-order valence-corrected chi connectivity index (χ2v) is 8.15. The number of hydrogen-bond acceptors (Lipinski definition) is 5. The molecule has 2 amide bonds. The van der Waals surface area contributed by atoms with Crippen LogP contribution in [0.1, 0.15) is 36.8 Å². The number of carbonyl (C=O) groups is 3. The number of benzene rings is 2. The molecule has 0 bridgehead atoms. The molecule has 8 heteroatoms. The number of carboxylic acid groups (broad SMARTS) is 1. The minimum absolute atomic E-state index is 0.0398. The van der Waals surface area contributed by atoms with Gasteiger partial charge in [-0.2, -0.15) is 0 Å². The molecule has 176 valence electrons. The first kappa shape index (κ1) is 24.3. The number of fused-ring (bicyclic) bond motifs is 3. The summed E-state index contributed by atoms with van der Waals surface area (Å²) in [7, 11) is 3.02. The topological polar surface area (TPSA) is 105 Å².